The van der Waals surface area contributed by atoms with Crippen molar-refractivity contribution in [2.45, 2.75) is 209 Å². The summed E-state index contributed by atoms with van der Waals surface area (Å²) in [5.74, 6) is 8.00. The van der Waals surface area contributed by atoms with Crippen LogP contribution in [0.1, 0.15) is 209 Å². The summed E-state index contributed by atoms with van der Waals surface area (Å²) in [6, 6.07) is 0. The number of nitrogens with zero attached hydrogens (tertiary/aromatic N) is 15. The molecule has 0 bridgehead atoms. The summed E-state index contributed by atoms with van der Waals surface area (Å²) >= 11 is 5.83. The maximum Gasteiger partial charge on any atom is 0.483 e. The number of ether oxygens (including phenoxy) is 3. The summed E-state index contributed by atoms with van der Waals surface area (Å²) < 4.78 is 16.3. The molecule has 556 valence electrons. The van der Waals surface area contributed by atoms with Crippen LogP contribution in [0.15, 0.2) is 67.2 Å². The lowest BCUT2D eigenvalue weighted by atomic mass is 9.72. The van der Waals surface area contributed by atoms with E-state index in [4.69, 9.17) is 50.8 Å². The van der Waals surface area contributed by atoms with Crippen molar-refractivity contribution < 1.29 is 38.6 Å². The number of hydrogen-bond donors (Lipinski definition) is 3. The fourth-order valence-electron chi connectivity index (χ4n) is 13.3. The number of halogens is 1. The van der Waals surface area contributed by atoms with Crippen molar-refractivity contribution in [3.05, 3.63) is 89.4 Å². The number of amides is 3. The Labute approximate surface area is 607 Å². The van der Waals surface area contributed by atoms with Gasteiger partial charge in [0.2, 0.25) is 0 Å². The molecular weight excluding hydrogens is 1300 g/mol. The number of carbonyl (C=O) groups excluding carboxylic acids is 3. The normalized spacial score (nSPS) is 22.9. The molecule has 101 heavy (non-hydrogen) atoms. The molecule has 24 nitrogen and oxygen atoms in total. The molecular formula is C75H118BClN16O8. The van der Waals surface area contributed by atoms with Crippen LogP contribution >= 0.6 is 11.6 Å². The Balaban J connectivity index is 0.000000165. The van der Waals surface area contributed by atoms with Gasteiger partial charge >= 0.3 is 25.4 Å². The average molecular weight is 1420 g/mol. The lowest BCUT2D eigenvalue weighted by molar-refractivity contribution is 0.0230. The van der Waals surface area contributed by atoms with E-state index in [1.54, 1.807) is 20.9 Å². The quantitative estimate of drug-likeness (QED) is 0.109. The molecule has 4 saturated heterocycles. The molecule has 0 radical (unpaired) electrons. The SMILES string of the molecule is CC(C)(C)OC(=O)N1CCN(c2cncc(Cl)n2)CC1.CC1CC=C(B(O)O)CC1.CC1CC=C(c2cncc(N3CCN(C(=O)OC(C)(C)C)CC3)n2)CC1.CC1CCC(c2cncc(N3CCN(C(=O)OC(C)(C)C)CC3)n2)CC1.CC1CCC(c2cncc(N3CCNCC3)n2)CC1. The number of anilines is 4. The fraction of sp³-hybridized carbons (Fsp3) is 0.693. The predicted octanol–water partition coefficient (Wildman–Crippen LogP) is 12.7. The van der Waals surface area contributed by atoms with E-state index in [0.717, 1.165) is 142 Å². The van der Waals surface area contributed by atoms with Crippen molar-refractivity contribution in [2.75, 3.05) is 124 Å². The molecule has 8 heterocycles. The third kappa shape index (κ3) is 26.7. The number of allylic oxidation sites excluding steroid dienone is 4. The molecule has 6 fully saturated rings. The molecule has 8 aliphatic rings. The minimum Gasteiger partial charge on any atom is -0.444 e. The Bertz CT molecular complexity index is 3280. The van der Waals surface area contributed by atoms with Gasteiger partial charge in [0, 0.05) is 129 Å². The summed E-state index contributed by atoms with van der Waals surface area (Å²) in [5, 5.41) is 21.3. The number of hydrogen-bond acceptors (Lipinski definition) is 21. The summed E-state index contributed by atoms with van der Waals surface area (Å²) in [6.07, 6.45) is 34.6. The molecule has 0 aromatic carbocycles. The highest BCUT2D eigenvalue weighted by Crippen LogP contribution is 2.37. The van der Waals surface area contributed by atoms with Gasteiger partial charge in [-0.15, -0.1) is 0 Å². The number of piperazine rings is 4. The fourth-order valence-corrected chi connectivity index (χ4v) is 13.5. The Hall–Kier alpha value is -6.96. The summed E-state index contributed by atoms with van der Waals surface area (Å²) in [4.78, 5) is 86.6. The summed E-state index contributed by atoms with van der Waals surface area (Å²) in [7, 11) is -1.22. The van der Waals surface area contributed by atoms with Crippen molar-refractivity contribution >= 4 is 65.8 Å². The van der Waals surface area contributed by atoms with Gasteiger partial charge in [-0.2, -0.15) is 0 Å². The molecule has 12 rings (SSSR count). The lowest BCUT2D eigenvalue weighted by Gasteiger charge is -2.36. The van der Waals surface area contributed by atoms with E-state index >= 15 is 0 Å². The van der Waals surface area contributed by atoms with Gasteiger partial charge in [0.1, 0.15) is 45.2 Å². The van der Waals surface area contributed by atoms with Crippen LogP contribution < -0.4 is 24.9 Å². The van der Waals surface area contributed by atoms with Crippen LogP contribution in [0.4, 0.5) is 37.7 Å². The zero-order valence-electron chi connectivity index (χ0n) is 63.0. The Morgan fingerprint density at radius 2 is 0.792 bits per heavy atom. The number of nitrogens with one attached hydrogen (secondary N) is 1. The monoisotopic (exact) mass is 1420 g/mol. The minimum absolute atomic E-state index is 0.228. The van der Waals surface area contributed by atoms with Gasteiger partial charge in [-0.1, -0.05) is 77.1 Å². The van der Waals surface area contributed by atoms with Crippen LogP contribution in [0.2, 0.25) is 5.15 Å². The van der Waals surface area contributed by atoms with E-state index in [1.165, 1.54) is 75.3 Å². The second-order valence-electron chi connectivity index (χ2n) is 31.7. The molecule has 0 spiro atoms. The van der Waals surface area contributed by atoms with Crippen molar-refractivity contribution in [3.63, 3.8) is 0 Å². The van der Waals surface area contributed by atoms with Gasteiger partial charge < -0.3 is 63.9 Å². The molecule has 2 unspecified atom stereocenters. The van der Waals surface area contributed by atoms with Crippen LogP contribution in [-0.4, -0.2) is 212 Å². The number of rotatable bonds is 8. The summed E-state index contributed by atoms with van der Waals surface area (Å²) in [5.41, 5.74) is 4.05. The standard InChI is InChI=1S/C20H32N4O2.C20H30N4O2.C15H24N4.C13H19ClN4O2.C7H13BO2/c2*1-15-5-7-16(8-6-15)17-13-21-14-18(22-17)23-9-11-24(12-10-23)19(25)26-20(2,3)4;1-12-2-4-13(5-3-12)14-10-17-11-15(18-14)19-8-6-16-7-9-19;1-13(2,3)20-12(19)18-6-4-17(5-7-18)11-9-15-8-10(14)16-11;1-6-2-4-7(5-3-6)8(9)10/h13-16H,5-12H2,1-4H3;7,13-15H,5-6,8-12H2,1-4H3;10-13,16H,2-9H2,1H3;8-9H,4-7H2,1-3H3;4,6,9-10H,2-3,5H2,1H3. The zero-order chi connectivity index (χ0) is 72.9. The van der Waals surface area contributed by atoms with Crippen molar-refractivity contribution in [2.24, 2.45) is 23.7 Å². The van der Waals surface area contributed by atoms with Gasteiger partial charge in [0.15, 0.2) is 0 Å². The third-order valence-corrected chi connectivity index (χ3v) is 19.8. The zero-order valence-corrected chi connectivity index (χ0v) is 63.7. The van der Waals surface area contributed by atoms with Crippen LogP contribution in [0.3, 0.4) is 0 Å². The smallest absolute Gasteiger partial charge is 0.444 e. The number of carbonyl (C=O) groups is 3. The molecule has 3 N–H and O–H groups in total. The first-order valence-electron chi connectivity index (χ1n) is 37.3. The van der Waals surface area contributed by atoms with E-state index in [0.29, 0.717) is 75.3 Å². The Morgan fingerprint density at radius 3 is 1.15 bits per heavy atom. The molecule has 4 aromatic rings. The molecule has 2 atom stereocenters. The van der Waals surface area contributed by atoms with Gasteiger partial charge in [0.05, 0.1) is 54.3 Å². The van der Waals surface area contributed by atoms with E-state index in [1.807, 2.05) is 106 Å². The highest BCUT2D eigenvalue weighted by atomic mass is 35.5. The topological polar surface area (TPSA) is 257 Å². The minimum atomic E-state index is -1.22. The molecule has 3 amide bonds. The molecule has 2 saturated carbocycles. The van der Waals surface area contributed by atoms with Gasteiger partial charge in [-0.05, 0) is 161 Å². The average Bonchev–Trinajstić information content (AvgIpc) is 0.840. The van der Waals surface area contributed by atoms with Crippen molar-refractivity contribution in [1.82, 2.24) is 59.9 Å². The van der Waals surface area contributed by atoms with E-state index in [2.05, 4.69) is 83.6 Å². The van der Waals surface area contributed by atoms with Gasteiger partial charge in [0.25, 0.3) is 0 Å². The second-order valence-corrected chi connectivity index (χ2v) is 32.1. The largest absolute Gasteiger partial charge is 0.483 e. The van der Waals surface area contributed by atoms with Crippen LogP contribution in [0, 0.1) is 23.7 Å². The Kier molecular flexibility index (Phi) is 30.0. The molecule has 4 aliphatic carbocycles. The van der Waals surface area contributed by atoms with Crippen molar-refractivity contribution in [3.8, 4) is 0 Å². The van der Waals surface area contributed by atoms with Gasteiger partial charge in [-0.3, -0.25) is 19.9 Å². The first-order valence-corrected chi connectivity index (χ1v) is 37.7. The van der Waals surface area contributed by atoms with Crippen LogP contribution in [0.25, 0.3) is 5.57 Å². The maximum atomic E-state index is 12.2. The highest BCUT2D eigenvalue weighted by molar-refractivity contribution is 6.50. The van der Waals surface area contributed by atoms with Crippen LogP contribution in [-0.2, 0) is 14.2 Å². The Morgan fingerprint density at radius 1 is 0.436 bits per heavy atom. The van der Waals surface area contributed by atoms with E-state index in [-0.39, 0.29) is 18.3 Å². The summed E-state index contributed by atoms with van der Waals surface area (Å²) in [6.45, 7) is 38.5. The van der Waals surface area contributed by atoms with Gasteiger partial charge in [-0.25, -0.2) is 34.3 Å². The second kappa shape index (κ2) is 38.0. The molecule has 4 aliphatic heterocycles. The van der Waals surface area contributed by atoms with Crippen molar-refractivity contribution in [1.29, 1.82) is 0 Å². The highest BCUT2D eigenvalue weighted by Gasteiger charge is 2.32. The predicted molar refractivity (Wildman–Crippen MR) is 401 cm³/mol. The van der Waals surface area contributed by atoms with E-state index < -0.39 is 23.9 Å². The lowest BCUT2D eigenvalue weighted by Crippen LogP contribution is -2.50. The first-order chi connectivity index (χ1) is 48.0. The molecule has 26 heteroatoms. The van der Waals surface area contributed by atoms with E-state index in [9.17, 15) is 14.4 Å². The number of aromatic nitrogens is 8. The maximum absolute atomic E-state index is 12.2. The third-order valence-electron chi connectivity index (χ3n) is 19.6. The first kappa shape index (κ1) is 79.7. The van der Waals surface area contributed by atoms with Crippen LogP contribution in [0.5, 0.6) is 0 Å². The molecule has 4 aromatic heterocycles.